The number of carbonyl (C=O) groups excluding carboxylic acids is 1. The summed E-state index contributed by atoms with van der Waals surface area (Å²) in [5.41, 5.74) is 1.76. The first-order valence-corrected chi connectivity index (χ1v) is 5.52. The van der Waals surface area contributed by atoms with E-state index in [0.29, 0.717) is 5.57 Å². The minimum absolute atomic E-state index is 0.190. The van der Waals surface area contributed by atoms with Gasteiger partial charge in [-0.1, -0.05) is 0 Å². The molecule has 0 aliphatic carbocycles. The highest BCUT2D eigenvalue weighted by Crippen LogP contribution is 2.20. The van der Waals surface area contributed by atoms with E-state index in [-0.39, 0.29) is 11.6 Å². The van der Waals surface area contributed by atoms with E-state index >= 15 is 0 Å². The van der Waals surface area contributed by atoms with Gasteiger partial charge in [0.2, 0.25) is 0 Å². The van der Waals surface area contributed by atoms with Crippen LogP contribution in [0.1, 0.15) is 12.8 Å². The lowest BCUT2D eigenvalue weighted by Crippen LogP contribution is -2.16. The highest BCUT2D eigenvalue weighted by atomic mass is 16.2. The standard InChI is InChI=1S/C12H14N4O/c1-15-7-3-4-9(15)5-6-10-11(8-13)14-16(2)12(10)17/h5-6H,3-4,7H2,1-2H3/b9-5-,10-6+. The third-order valence-electron chi connectivity index (χ3n) is 2.99. The summed E-state index contributed by atoms with van der Waals surface area (Å²) in [5, 5.41) is 13.9. The van der Waals surface area contributed by atoms with Crippen LogP contribution in [-0.4, -0.2) is 42.2 Å². The number of amides is 1. The number of carbonyl (C=O) groups is 1. The van der Waals surface area contributed by atoms with E-state index in [1.807, 2.05) is 19.2 Å². The van der Waals surface area contributed by atoms with Gasteiger partial charge < -0.3 is 4.90 Å². The second-order valence-electron chi connectivity index (χ2n) is 4.15. The second kappa shape index (κ2) is 4.42. The first-order valence-electron chi connectivity index (χ1n) is 5.52. The number of likely N-dealkylation sites (N-methyl/N-ethyl adjacent to an activating group) is 1. The molecular weight excluding hydrogens is 216 g/mol. The van der Waals surface area contributed by atoms with Gasteiger partial charge in [0.1, 0.15) is 6.07 Å². The number of hydrazone groups is 1. The summed E-state index contributed by atoms with van der Waals surface area (Å²) >= 11 is 0. The summed E-state index contributed by atoms with van der Waals surface area (Å²) in [6.07, 6.45) is 5.76. The van der Waals surface area contributed by atoms with Crippen LogP contribution in [0.3, 0.4) is 0 Å². The van der Waals surface area contributed by atoms with Gasteiger partial charge in [-0.15, -0.1) is 0 Å². The Hall–Kier alpha value is -2.09. The summed E-state index contributed by atoms with van der Waals surface area (Å²) in [5.74, 6) is -0.223. The quantitative estimate of drug-likeness (QED) is 0.628. The van der Waals surface area contributed by atoms with Gasteiger partial charge in [-0.05, 0) is 25.0 Å². The molecule has 0 atom stereocenters. The predicted molar refractivity (Wildman–Crippen MR) is 63.8 cm³/mol. The van der Waals surface area contributed by atoms with Crippen LogP contribution in [0.15, 0.2) is 28.5 Å². The molecule has 0 aromatic heterocycles. The molecule has 5 heteroatoms. The largest absolute Gasteiger partial charge is 0.378 e. The molecule has 0 spiro atoms. The van der Waals surface area contributed by atoms with E-state index in [4.69, 9.17) is 5.26 Å². The molecule has 1 saturated heterocycles. The molecule has 2 aliphatic rings. The monoisotopic (exact) mass is 230 g/mol. The summed E-state index contributed by atoms with van der Waals surface area (Å²) in [6.45, 7) is 1.04. The first kappa shape index (κ1) is 11.4. The fraction of sp³-hybridized carbons (Fsp3) is 0.417. The van der Waals surface area contributed by atoms with Gasteiger partial charge in [0.15, 0.2) is 5.71 Å². The van der Waals surface area contributed by atoms with Gasteiger partial charge in [0.25, 0.3) is 5.91 Å². The zero-order valence-corrected chi connectivity index (χ0v) is 9.97. The van der Waals surface area contributed by atoms with Crippen LogP contribution in [0, 0.1) is 11.3 Å². The van der Waals surface area contributed by atoms with Crippen molar-refractivity contribution in [1.82, 2.24) is 9.91 Å². The van der Waals surface area contributed by atoms with Crippen molar-refractivity contribution in [2.75, 3.05) is 20.6 Å². The molecular formula is C12H14N4O. The lowest BCUT2D eigenvalue weighted by Gasteiger charge is -2.11. The first-order chi connectivity index (χ1) is 8.13. The van der Waals surface area contributed by atoms with Crippen molar-refractivity contribution in [3.8, 4) is 6.07 Å². The van der Waals surface area contributed by atoms with Gasteiger partial charge in [-0.2, -0.15) is 10.4 Å². The molecule has 0 bridgehead atoms. The molecule has 0 unspecified atom stereocenters. The van der Waals surface area contributed by atoms with Gasteiger partial charge in [-0.25, -0.2) is 5.01 Å². The van der Waals surface area contributed by atoms with Crippen LogP contribution in [0.2, 0.25) is 0 Å². The number of hydrogen-bond acceptors (Lipinski definition) is 4. The summed E-state index contributed by atoms with van der Waals surface area (Å²) < 4.78 is 0. The van der Waals surface area contributed by atoms with E-state index in [0.717, 1.165) is 19.4 Å². The van der Waals surface area contributed by atoms with Crippen molar-refractivity contribution in [2.45, 2.75) is 12.8 Å². The van der Waals surface area contributed by atoms with Crippen molar-refractivity contribution in [1.29, 1.82) is 5.26 Å². The lowest BCUT2D eigenvalue weighted by atomic mass is 10.1. The van der Waals surface area contributed by atoms with Crippen molar-refractivity contribution < 1.29 is 4.79 Å². The number of allylic oxidation sites excluding steroid dienone is 3. The molecule has 0 N–H and O–H groups in total. The molecule has 1 fully saturated rings. The normalized spacial score (nSPS) is 24.8. The second-order valence-corrected chi connectivity index (χ2v) is 4.15. The molecule has 17 heavy (non-hydrogen) atoms. The van der Waals surface area contributed by atoms with Crippen LogP contribution < -0.4 is 0 Å². The van der Waals surface area contributed by atoms with E-state index in [1.165, 1.54) is 10.7 Å². The fourth-order valence-electron chi connectivity index (χ4n) is 1.98. The topological polar surface area (TPSA) is 59.7 Å². The van der Waals surface area contributed by atoms with Gasteiger partial charge >= 0.3 is 0 Å². The van der Waals surface area contributed by atoms with Crippen LogP contribution in [-0.2, 0) is 4.79 Å². The third-order valence-corrected chi connectivity index (χ3v) is 2.99. The fourth-order valence-corrected chi connectivity index (χ4v) is 1.98. The molecule has 2 aliphatic heterocycles. The number of likely N-dealkylation sites (tertiary alicyclic amines) is 1. The number of hydrogen-bond donors (Lipinski definition) is 0. The molecule has 2 heterocycles. The average Bonchev–Trinajstić information content (AvgIpc) is 2.83. The Morgan fingerprint density at radius 2 is 2.18 bits per heavy atom. The minimum atomic E-state index is -0.223. The van der Waals surface area contributed by atoms with Crippen LogP contribution in [0.25, 0.3) is 0 Å². The Morgan fingerprint density at radius 3 is 2.76 bits per heavy atom. The average molecular weight is 230 g/mol. The third kappa shape index (κ3) is 2.07. The number of nitrogens with zero attached hydrogens (tertiary/aromatic N) is 4. The Balaban J connectivity index is 2.26. The summed E-state index contributed by atoms with van der Waals surface area (Å²) in [7, 11) is 3.58. The van der Waals surface area contributed by atoms with Crippen molar-refractivity contribution >= 4 is 11.6 Å². The molecule has 0 aromatic rings. The zero-order chi connectivity index (χ0) is 12.4. The Morgan fingerprint density at radius 1 is 1.41 bits per heavy atom. The SMILES string of the molecule is CN1N=C(C#N)/C(=C\C=C2\CCCN2C)C1=O. The van der Waals surface area contributed by atoms with Crippen LogP contribution in [0.4, 0.5) is 0 Å². The zero-order valence-electron chi connectivity index (χ0n) is 9.97. The maximum Gasteiger partial charge on any atom is 0.276 e. The maximum absolute atomic E-state index is 11.7. The van der Waals surface area contributed by atoms with Crippen molar-refractivity contribution in [3.63, 3.8) is 0 Å². The number of nitriles is 1. The van der Waals surface area contributed by atoms with Crippen molar-refractivity contribution in [3.05, 3.63) is 23.4 Å². The summed E-state index contributed by atoms with van der Waals surface area (Å²) in [4.78, 5) is 13.9. The molecule has 2 rings (SSSR count). The van der Waals surface area contributed by atoms with Gasteiger partial charge in [0.05, 0.1) is 5.57 Å². The molecule has 88 valence electrons. The molecule has 0 saturated carbocycles. The predicted octanol–water partition coefficient (Wildman–Crippen LogP) is 0.874. The Bertz CT molecular complexity index is 481. The molecule has 0 radical (unpaired) electrons. The van der Waals surface area contributed by atoms with Crippen molar-refractivity contribution in [2.24, 2.45) is 5.10 Å². The van der Waals surface area contributed by atoms with E-state index in [9.17, 15) is 4.79 Å². The van der Waals surface area contributed by atoms with Crippen LogP contribution >= 0.6 is 0 Å². The molecule has 5 nitrogen and oxygen atoms in total. The Kier molecular flexibility index (Phi) is 2.96. The van der Waals surface area contributed by atoms with E-state index in [1.54, 1.807) is 13.1 Å². The van der Waals surface area contributed by atoms with Gasteiger partial charge in [-0.3, -0.25) is 4.79 Å². The maximum atomic E-state index is 11.7. The number of rotatable bonds is 1. The van der Waals surface area contributed by atoms with Crippen LogP contribution in [0.5, 0.6) is 0 Å². The Labute approximate surface area is 100 Å². The minimum Gasteiger partial charge on any atom is -0.378 e. The van der Waals surface area contributed by atoms with E-state index in [2.05, 4.69) is 10.0 Å². The molecule has 1 amide bonds. The highest BCUT2D eigenvalue weighted by molar-refractivity contribution is 6.30. The van der Waals surface area contributed by atoms with Gasteiger partial charge in [0, 0.05) is 26.3 Å². The molecule has 0 aromatic carbocycles. The smallest absolute Gasteiger partial charge is 0.276 e. The lowest BCUT2D eigenvalue weighted by molar-refractivity contribution is -0.124. The highest BCUT2D eigenvalue weighted by Gasteiger charge is 2.26. The summed E-state index contributed by atoms with van der Waals surface area (Å²) in [6, 6.07) is 1.94. The van der Waals surface area contributed by atoms with E-state index < -0.39 is 0 Å².